The summed E-state index contributed by atoms with van der Waals surface area (Å²) in [5.74, 6) is 0.525. The number of nitrogens with one attached hydrogen (secondary N) is 2. The van der Waals surface area contributed by atoms with E-state index < -0.39 is 6.10 Å². The zero-order chi connectivity index (χ0) is 18.8. The van der Waals surface area contributed by atoms with Gasteiger partial charge >= 0.3 is 0 Å². The van der Waals surface area contributed by atoms with E-state index in [0.717, 1.165) is 24.0 Å². The molecule has 5 heteroatoms. The summed E-state index contributed by atoms with van der Waals surface area (Å²) >= 11 is 0. The molecule has 1 atom stereocenters. The van der Waals surface area contributed by atoms with Gasteiger partial charge in [0.1, 0.15) is 5.75 Å². The number of amides is 2. The molecule has 0 saturated heterocycles. The van der Waals surface area contributed by atoms with E-state index in [9.17, 15) is 9.59 Å². The number of fused-ring (bicyclic) bond motifs is 1. The highest BCUT2D eigenvalue weighted by Crippen LogP contribution is 2.34. The van der Waals surface area contributed by atoms with E-state index in [1.54, 1.807) is 6.92 Å². The fourth-order valence-electron chi connectivity index (χ4n) is 3.72. The molecule has 1 fully saturated rings. The Bertz CT molecular complexity index is 854. The molecule has 1 unspecified atom stereocenters. The summed E-state index contributed by atoms with van der Waals surface area (Å²) in [5.41, 5.74) is 3.30. The Morgan fingerprint density at radius 2 is 1.74 bits per heavy atom. The molecule has 2 aliphatic rings. The van der Waals surface area contributed by atoms with Crippen LogP contribution in [0.5, 0.6) is 5.75 Å². The number of ether oxygens (including phenoxy) is 1. The van der Waals surface area contributed by atoms with Crippen molar-refractivity contribution in [3.05, 3.63) is 48.0 Å². The first kappa shape index (κ1) is 17.6. The quantitative estimate of drug-likeness (QED) is 0.860. The van der Waals surface area contributed by atoms with Crippen molar-refractivity contribution in [2.45, 2.75) is 51.2 Å². The molecule has 5 nitrogen and oxygen atoms in total. The van der Waals surface area contributed by atoms with Crippen LogP contribution in [0.1, 0.15) is 49.4 Å². The lowest BCUT2D eigenvalue weighted by atomic mass is 9.95. The summed E-state index contributed by atoms with van der Waals surface area (Å²) in [4.78, 5) is 24.3. The van der Waals surface area contributed by atoms with Gasteiger partial charge in [-0.15, -0.1) is 0 Å². The van der Waals surface area contributed by atoms with Crippen LogP contribution in [0.4, 0.5) is 5.69 Å². The maximum Gasteiger partial charge on any atom is 0.265 e. The second-order valence-electron chi connectivity index (χ2n) is 7.35. The Kier molecular flexibility index (Phi) is 4.84. The molecule has 1 heterocycles. The molecule has 1 aliphatic carbocycles. The Balaban J connectivity index is 1.48. The highest BCUT2D eigenvalue weighted by Gasteiger charge is 2.23. The van der Waals surface area contributed by atoms with Gasteiger partial charge in [-0.3, -0.25) is 9.59 Å². The van der Waals surface area contributed by atoms with Gasteiger partial charge in [0.15, 0.2) is 6.10 Å². The topological polar surface area (TPSA) is 67.4 Å². The van der Waals surface area contributed by atoms with Gasteiger partial charge in [0, 0.05) is 11.6 Å². The first-order chi connectivity index (χ1) is 13.1. The van der Waals surface area contributed by atoms with Crippen LogP contribution in [-0.4, -0.2) is 24.0 Å². The maximum absolute atomic E-state index is 12.4. The minimum Gasteiger partial charge on any atom is -0.479 e. The largest absolute Gasteiger partial charge is 0.479 e. The van der Waals surface area contributed by atoms with E-state index in [1.807, 2.05) is 42.5 Å². The van der Waals surface area contributed by atoms with Crippen molar-refractivity contribution >= 4 is 17.5 Å². The summed E-state index contributed by atoms with van der Waals surface area (Å²) < 4.78 is 5.59. The maximum atomic E-state index is 12.4. The molecule has 1 aliphatic heterocycles. The van der Waals surface area contributed by atoms with Crippen molar-refractivity contribution in [3.8, 4) is 16.9 Å². The average molecular weight is 364 g/mol. The lowest BCUT2D eigenvalue weighted by Crippen LogP contribution is -2.36. The van der Waals surface area contributed by atoms with Gasteiger partial charge in [-0.05, 0) is 55.2 Å². The molecular formula is C22H24N2O3. The number of rotatable bonds is 3. The number of benzene rings is 2. The van der Waals surface area contributed by atoms with Crippen LogP contribution in [0.3, 0.4) is 0 Å². The first-order valence-corrected chi connectivity index (χ1v) is 9.63. The minimum atomic E-state index is -0.481. The SMILES string of the molecule is CC1Oc2ccc(-c3ccc(C(=O)NC4CCCCC4)cc3)cc2NC1=O. The van der Waals surface area contributed by atoms with Crippen molar-refractivity contribution in [1.29, 1.82) is 0 Å². The van der Waals surface area contributed by atoms with E-state index in [0.29, 0.717) is 23.0 Å². The normalized spacial score (nSPS) is 19.6. The highest BCUT2D eigenvalue weighted by molar-refractivity contribution is 5.98. The van der Waals surface area contributed by atoms with E-state index in [2.05, 4.69) is 10.6 Å². The summed E-state index contributed by atoms with van der Waals surface area (Å²) in [6.45, 7) is 1.73. The van der Waals surface area contributed by atoms with Crippen LogP contribution in [0.2, 0.25) is 0 Å². The predicted molar refractivity (Wildman–Crippen MR) is 105 cm³/mol. The van der Waals surface area contributed by atoms with Gasteiger partial charge in [-0.1, -0.05) is 37.5 Å². The van der Waals surface area contributed by atoms with Gasteiger partial charge in [0.2, 0.25) is 0 Å². The molecule has 140 valence electrons. The Morgan fingerprint density at radius 1 is 1.04 bits per heavy atom. The lowest BCUT2D eigenvalue weighted by Gasteiger charge is -2.24. The summed E-state index contributed by atoms with van der Waals surface area (Å²) in [6, 6.07) is 13.6. The summed E-state index contributed by atoms with van der Waals surface area (Å²) in [6.07, 6.45) is 5.33. The molecule has 27 heavy (non-hydrogen) atoms. The Labute approximate surface area is 159 Å². The molecule has 4 rings (SSSR count). The molecule has 0 radical (unpaired) electrons. The number of hydrogen-bond donors (Lipinski definition) is 2. The van der Waals surface area contributed by atoms with Gasteiger partial charge in [0.25, 0.3) is 11.8 Å². The number of anilines is 1. The second-order valence-corrected chi connectivity index (χ2v) is 7.35. The third-order valence-electron chi connectivity index (χ3n) is 5.33. The standard InChI is InChI=1S/C22H24N2O3/c1-14-21(25)24-19-13-17(11-12-20(19)27-14)15-7-9-16(10-8-15)22(26)23-18-5-3-2-4-6-18/h7-14,18H,2-6H2,1H3,(H,23,26)(H,24,25). The zero-order valence-electron chi connectivity index (χ0n) is 15.5. The van der Waals surface area contributed by atoms with E-state index in [4.69, 9.17) is 4.74 Å². The first-order valence-electron chi connectivity index (χ1n) is 9.63. The summed E-state index contributed by atoms with van der Waals surface area (Å²) in [5, 5.41) is 6.01. The predicted octanol–water partition coefficient (Wildman–Crippen LogP) is 4.14. The van der Waals surface area contributed by atoms with Crippen molar-refractivity contribution in [3.63, 3.8) is 0 Å². The molecular weight excluding hydrogens is 340 g/mol. The van der Waals surface area contributed by atoms with Crippen LogP contribution in [0.25, 0.3) is 11.1 Å². The lowest BCUT2D eigenvalue weighted by molar-refractivity contribution is -0.122. The monoisotopic (exact) mass is 364 g/mol. The molecule has 1 saturated carbocycles. The molecule has 2 aromatic rings. The molecule has 0 bridgehead atoms. The number of carbonyl (C=O) groups is 2. The molecule has 2 amide bonds. The molecule has 0 spiro atoms. The van der Waals surface area contributed by atoms with Gasteiger partial charge < -0.3 is 15.4 Å². The Hall–Kier alpha value is -2.82. The highest BCUT2D eigenvalue weighted by atomic mass is 16.5. The van der Waals surface area contributed by atoms with E-state index in [-0.39, 0.29) is 11.8 Å². The third kappa shape index (κ3) is 3.82. The second kappa shape index (κ2) is 7.43. The van der Waals surface area contributed by atoms with Gasteiger partial charge in [0.05, 0.1) is 5.69 Å². The zero-order valence-corrected chi connectivity index (χ0v) is 15.5. The third-order valence-corrected chi connectivity index (χ3v) is 5.33. The molecule has 0 aromatic heterocycles. The van der Waals surface area contributed by atoms with Crippen molar-refractivity contribution < 1.29 is 14.3 Å². The van der Waals surface area contributed by atoms with E-state index in [1.165, 1.54) is 19.3 Å². The van der Waals surface area contributed by atoms with Crippen molar-refractivity contribution in [2.24, 2.45) is 0 Å². The fraction of sp³-hybridized carbons (Fsp3) is 0.364. The Morgan fingerprint density at radius 3 is 2.48 bits per heavy atom. The van der Waals surface area contributed by atoms with Crippen LogP contribution >= 0.6 is 0 Å². The number of hydrogen-bond acceptors (Lipinski definition) is 3. The van der Waals surface area contributed by atoms with Crippen LogP contribution < -0.4 is 15.4 Å². The fourth-order valence-corrected chi connectivity index (χ4v) is 3.72. The van der Waals surface area contributed by atoms with Crippen LogP contribution in [0, 0.1) is 0 Å². The summed E-state index contributed by atoms with van der Waals surface area (Å²) in [7, 11) is 0. The molecule has 2 N–H and O–H groups in total. The minimum absolute atomic E-state index is 0.00598. The van der Waals surface area contributed by atoms with Crippen molar-refractivity contribution in [2.75, 3.05) is 5.32 Å². The molecule has 2 aromatic carbocycles. The average Bonchev–Trinajstić information content (AvgIpc) is 2.69. The smallest absolute Gasteiger partial charge is 0.265 e. The van der Waals surface area contributed by atoms with Crippen LogP contribution in [-0.2, 0) is 4.79 Å². The van der Waals surface area contributed by atoms with Gasteiger partial charge in [-0.2, -0.15) is 0 Å². The van der Waals surface area contributed by atoms with E-state index >= 15 is 0 Å². The number of carbonyl (C=O) groups excluding carboxylic acids is 2. The van der Waals surface area contributed by atoms with Gasteiger partial charge in [-0.25, -0.2) is 0 Å². The van der Waals surface area contributed by atoms with Crippen LogP contribution in [0.15, 0.2) is 42.5 Å². The van der Waals surface area contributed by atoms with Crippen molar-refractivity contribution in [1.82, 2.24) is 5.32 Å².